The van der Waals surface area contributed by atoms with Gasteiger partial charge in [-0.05, 0) is 44.4 Å². The van der Waals surface area contributed by atoms with Crippen molar-refractivity contribution in [3.8, 4) is 5.75 Å². The van der Waals surface area contributed by atoms with Gasteiger partial charge >= 0.3 is 0 Å². The second-order valence-corrected chi connectivity index (χ2v) is 5.97. The molecule has 0 unspecified atom stereocenters. The number of hydrogen-bond acceptors (Lipinski definition) is 3. The Morgan fingerprint density at radius 1 is 1.39 bits per heavy atom. The van der Waals surface area contributed by atoms with E-state index in [1.165, 1.54) is 0 Å². The second kappa shape index (κ2) is 6.86. The molecule has 0 bridgehead atoms. The summed E-state index contributed by atoms with van der Waals surface area (Å²) in [6.45, 7) is 6.00. The Labute approximate surface area is 136 Å². The predicted octanol–water partition coefficient (Wildman–Crippen LogP) is 3.07. The van der Waals surface area contributed by atoms with Crippen LogP contribution in [0.3, 0.4) is 0 Å². The highest BCUT2D eigenvalue weighted by Gasteiger charge is 2.27. The largest absolute Gasteiger partial charge is 0.493 e. The molecule has 2 heterocycles. The fourth-order valence-corrected chi connectivity index (χ4v) is 3.08. The standard InChI is InChI=1S/C18H23N3O2/c1-3-23-17-9-5-4-8-16(17)18(22)20-10-6-7-15(13-20)21-12-14(2)11-19-21/h4-5,8-9,11-12,15H,3,6-7,10,13H2,1-2H3/t15-/m0/s1. The van der Waals surface area contributed by atoms with Crippen molar-refractivity contribution < 1.29 is 9.53 Å². The van der Waals surface area contributed by atoms with E-state index < -0.39 is 0 Å². The smallest absolute Gasteiger partial charge is 0.257 e. The number of amides is 1. The van der Waals surface area contributed by atoms with Crippen LogP contribution in [0.15, 0.2) is 36.7 Å². The lowest BCUT2D eigenvalue weighted by Gasteiger charge is -2.33. The molecule has 1 saturated heterocycles. The first-order chi connectivity index (χ1) is 11.2. The van der Waals surface area contributed by atoms with Gasteiger partial charge in [-0.1, -0.05) is 12.1 Å². The molecule has 5 nitrogen and oxygen atoms in total. The predicted molar refractivity (Wildman–Crippen MR) is 88.7 cm³/mol. The molecule has 3 rings (SSSR count). The van der Waals surface area contributed by atoms with Crippen LogP contribution in [0.25, 0.3) is 0 Å². The topological polar surface area (TPSA) is 47.4 Å². The summed E-state index contributed by atoms with van der Waals surface area (Å²) >= 11 is 0. The fraction of sp³-hybridized carbons (Fsp3) is 0.444. The maximum Gasteiger partial charge on any atom is 0.257 e. The summed E-state index contributed by atoms with van der Waals surface area (Å²) < 4.78 is 7.59. The molecule has 0 spiro atoms. The molecule has 0 N–H and O–H groups in total. The first-order valence-corrected chi connectivity index (χ1v) is 8.21. The highest BCUT2D eigenvalue weighted by atomic mass is 16.5. The number of aromatic nitrogens is 2. The molecule has 0 radical (unpaired) electrons. The van der Waals surface area contributed by atoms with Crippen LogP contribution in [0.4, 0.5) is 0 Å². The molecule has 1 aliphatic heterocycles. The fourth-order valence-electron chi connectivity index (χ4n) is 3.08. The van der Waals surface area contributed by atoms with Gasteiger partial charge in [0.25, 0.3) is 5.91 Å². The minimum absolute atomic E-state index is 0.0441. The molecule has 1 amide bonds. The van der Waals surface area contributed by atoms with E-state index in [0.717, 1.165) is 24.9 Å². The molecule has 23 heavy (non-hydrogen) atoms. The first-order valence-electron chi connectivity index (χ1n) is 8.21. The van der Waals surface area contributed by atoms with E-state index in [9.17, 15) is 4.79 Å². The van der Waals surface area contributed by atoms with Gasteiger partial charge in [-0.25, -0.2) is 0 Å². The van der Waals surface area contributed by atoms with E-state index >= 15 is 0 Å². The lowest BCUT2D eigenvalue weighted by Crippen LogP contribution is -2.41. The Morgan fingerprint density at radius 2 is 2.22 bits per heavy atom. The molecular weight excluding hydrogens is 290 g/mol. The van der Waals surface area contributed by atoms with E-state index in [4.69, 9.17) is 4.74 Å². The number of hydrogen-bond donors (Lipinski definition) is 0. The average Bonchev–Trinajstić information content (AvgIpc) is 3.02. The number of aryl methyl sites for hydroxylation is 1. The zero-order chi connectivity index (χ0) is 16.2. The van der Waals surface area contributed by atoms with Crippen molar-refractivity contribution >= 4 is 5.91 Å². The van der Waals surface area contributed by atoms with Crippen molar-refractivity contribution in [2.75, 3.05) is 19.7 Å². The van der Waals surface area contributed by atoms with E-state index in [-0.39, 0.29) is 11.9 Å². The lowest BCUT2D eigenvalue weighted by atomic mass is 10.0. The van der Waals surface area contributed by atoms with Crippen LogP contribution in [-0.4, -0.2) is 40.3 Å². The molecule has 1 aromatic carbocycles. The van der Waals surface area contributed by atoms with Crippen LogP contribution < -0.4 is 4.74 Å². The van der Waals surface area contributed by atoms with E-state index in [0.29, 0.717) is 24.5 Å². The zero-order valence-corrected chi connectivity index (χ0v) is 13.7. The summed E-state index contributed by atoms with van der Waals surface area (Å²) in [5.74, 6) is 0.708. The number of carbonyl (C=O) groups is 1. The number of carbonyl (C=O) groups excluding carboxylic acids is 1. The zero-order valence-electron chi connectivity index (χ0n) is 13.7. The Bertz CT molecular complexity index is 680. The summed E-state index contributed by atoms with van der Waals surface area (Å²) in [5, 5.41) is 4.41. The van der Waals surface area contributed by atoms with Gasteiger partial charge < -0.3 is 9.64 Å². The van der Waals surface area contributed by atoms with Crippen molar-refractivity contribution in [3.05, 3.63) is 47.8 Å². The number of ether oxygens (including phenoxy) is 1. The minimum Gasteiger partial charge on any atom is -0.493 e. The number of rotatable bonds is 4. The SMILES string of the molecule is CCOc1ccccc1C(=O)N1CCC[C@H](n2cc(C)cn2)C1. The van der Waals surface area contributed by atoms with Gasteiger partial charge in [-0.3, -0.25) is 9.48 Å². The maximum atomic E-state index is 12.9. The third-order valence-electron chi connectivity index (χ3n) is 4.21. The summed E-state index contributed by atoms with van der Waals surface area (Å²) in [6.07, 6.45) is 5.96. The highest BCUT2D eigenvalue weighted by Crippen LogP contribution is 2.25. The normalized spacial score (nSPS) is 18.0. The van der Waals surface area contributed by atoms with Crippen molar-refractivity contribution in [2.24, 2.45) is 0 Å². The first kappa shape index (κ1) is 15.6. The number of benzene rings is 1. The summed E-state index contributed by atoms with van der Waals surface area (Å²) in [5.41, 5.74) is 1.79. The van der Waals surface area contributed by atoms with Crippen molar-refractivity contribution in [1.82, 2.24) is 14.7 Å². The van der Waals surface area contributed by atoms with E-state index in [1.807, 2.05) is 60.1 Å². The molecule has 1 fully saturated rings. The minimum atomic E-state index is 0.0441. The number of nitrogens with zero attached hydrogens (tertiary/aromatic N) is 3. The summed E-state index contributed by atoms with van der Waals surface area (Å²) in [6, 6.07) is 7.73. The Balaban J connectivity index is 1.77. The Hall–Kier alpha value is -2.30. The van der Waals surface area contributed by atoms with Crippen molar-refractivity contribution in [1.29, 1.82) is 0 Å². The van der Waals surface area contributed by atoms with Gasteiger partial charge in [0.1, 0.15) is 5.75 Å². The monoisotopic (exact) mass is 313 g/mol. The van der Waals surface area contributed by atoms with E-state index in [2.05, 4.69) is 5.10 Å². The summed E-state index contributed by atoms with van der Waals surface area (Å²) in [4.78, 5) is 14.8. The molecule has 0 saturated carbocycles. The lowest BCUT2D eigenvalue weighted by molar-refractivity contribution is 0.0669. The van der Waals surface area contributed by atoms with Crippen LogP contribution in [0.1, 0.15) is 41.7 Å². The van der Waals surface area contributed by atoms with Gasteiger partial charge in [-0.2, -0.15) is 5.10 Å². The average molecular weight is 313 g/mol. The molecule has 1 aliphatic rings. The molecule has 2 aromatic rings. The van der Waals surface area contributed by atoms with Gasteiger partial charge in [0, 0.05) is 19.3 Å². The van der Waals surface area contributed by atoms with Crippen LogP contribution in [0.2, 0.25) is 0 Å². The van der Waals surface area contributed by atoms with Crippen LogP contribution in [-0.2, 0) is 0 Å². The molecule has 1 atom stereocenters. The van der Waals surface area contributed by atoms with E-state index in [1.54, 1.807) is 0 Å². The van der Waals surface area contributed by atoms with Crippen LogP contribution >= 0.6 is 0 Å². The summed E-state index contributed by atoms with van der Waals surface area (Å²) in [7, 11) is 0. The molecule has 122 valence electrons. The maximum absolute atomic E-state index is 12.9. The van der Waals surface area contributed by atoms with Gasteiger partial charge in [0.05, 0.1) is 24.4 Å². The third-order valence-corrected chi connectivity index (χ3v) is 4.21. The molecule has 5 heteroatoms. The van der Waals surface area contributed by atoms with Crippen molar-refractivity contribution in [3.63, 3.8) is 0 Å². The van der Waals surface area contributed by atoms with Gasteiger partial charge in [0.2, 0.25) is 0 Å². The van der Waals surface area contributed by atoms with Crippen LogP contribution in [0.5, 0.6) is 5.75 Å². The number of para-hydroxylation sites is 1. The Morgan fingerprint density at radius 3 is 2.96 bits per heavy atom. The van der Waals surface area contributed by atoms with Crippen LogP contribution in [0, 0.1) is 6.92 Å². The highest BCUT2D eigenvalue weighted by molar-refractivity contribution is 5.97. The van der Waals surface area contributed by atoms with Gasteiger partial charge in [-0.15, -0.1) is 0 Å². The third kappa shape index (κ3) is 3.38. The number of piperidine rings is 1. The quantitative estimate of drug-likeness (QED) is 0.871. The Kier molecular flexibility index (Phi) is 4.65. The molecule has 0 aliphatic carbocycles. The molecule has 1 aromatic heterocycles. The van der Waals surface area contributed by atoms with Gasteiger partial charge in [0.15, 0.2) is 0 Å². The second-order valence-electron chi connectivity index (χ2n) is 5.97. The molecular formula is C18H23N3O2. The van der Waals surface area contributed by atoms with Crippen molar-refractivity contribution in [2.45, 2.75) is 32.7 Å². The number of likely N-dealkylation sites (tertiary alicyclic amines) is 1.